The molecule has 28 heavy (non-hydrogen) atoms. The fourth-order valence-corrected chi connectivity index (χ4v) is 3.81. The van der Waals surface area contributed by atoms with Gasteiger partial charge in [-0.25, -0.2) is 0 Å². The minimum atomic E-state index is -0.891. The normalized spacial score (nSPS) is 19.6. The number of anilines is 1. The van der Waals surface area contributed by atoms with Gasteiger partial charge in [-0.2, -0.15) is 0 Å². The molecule has 8 nitrogen and oxygen atoms in total. The Balaban J connectivity index is 1.53. The van der Waals surface area contributed by atoms with Gasteiger partial charge in [0.15, 0.2) is 0 Å². The van der Waals surface area contributed by atoms with Gasteiger partial charge in [-0.3, -0.25) is 19.3 Å². The van der Waals surface area contributed by atoms with Crippen LogP contribution in [0, 0.1) is 0 Å². The van der Waals surface area contributed by atoms with E-state index in [1.807, 2.05) is 24.3 Å². The van der Waals surface area contributed by atoms with Crippen LogP contribution >= 0.6 is 0 Å². The Morgan fingerprint density at radius 2 is 2.07 bits per heavy atom. The molecule has 1 atom stereocenters. The van der Waals surface area contributed by atoms with Crippen molar-refractivity contribution in [1.82, 2.24) is 9.80 Å². The zero-order valence-electron chi connectivity index (χ0n) is 16.2. The average molecular weight is 389 g/mol. The Morgan fingerprint density at radius 1 is 1.29 bits per heavy atom. The van der Waals surface area contributed by atoms with Crippen LogP contribution in [0.3, 0.4) is 0 Å². The van der Waals surface area contributed by atoms with Gasteiger partial charge in [0.1, 0.15) is 0 Å². The Hall–Kier alpha value is -2.45. The first-order chi connectivity index (χ1) is 13.4. The molecular formula is C20H27N3O5. The van der Waals surface area contributed by atoms with E-state index >= 15 is 0 Å². The maximum Gasteiger partial charge on any atom is 0.317 e. The predicted octanol–water partition coefficient (Wildman–Crippen LogP) is 0.600. The summed E-state index contributed by atoms with van der Waals surface area (Å²) in [6, 6.07) is 7.83. The van der Waals surface area contributed by atoms with Crippen LogP contribution < -0.4 is 4.90 Å². The molecule has 2 heterocycles. The number of hydrogen-bond donors (Lipinski definition) is 1. The Morgan fingerprint density at radius 3 is 2.86 bits per heavy atom. The van der Waals surface area contributed by atoms with Gasteiger partial charge in [-0.05, 0) is 25.1 Å². The van der Waals surface area contributed by atoms with Crippen LogP contribution in [-0.2, 0) is 25.5 Å². The summed E-state index contributed by atoms with van der Waals surface area (Å²) in [5.41, 5.74) is 2.05. The molecule has 3 rings (SSSR count). The highest BCUT2D eigenvalue weighted by Gasteiger charge is 2.28. The van der Waals surface area contributed by atoms with E-state index in [9.17, 15) is 14.4 Å². The number of aliphatic carboxylic acids is 1. The maximum absolute atomic E-state index is 12.7. The van der Waals surface area contributed by atoms with E-state index in [-0.39, 0.29) is 30.9 Å². The lowest BCUT2D eigenvalue weighted by Crippen LogP contribution is -2.50. The van der Waals surface area contributed by atoms with Crippen molar-refractivity contribution in [3.8, 4) is 0 Å². The number of carboxylic acids is 1. The third-order valence-electron chi connectivity index (χ3n) is 5.15. The lowest BCUT2D eigenvalue weighted by molar-refractivity contribution is -0.142. The van der Waals surface area contributed by atoms with Crippen molar-refractivity contribution >= 4 is 23.5 Å². The SMILES string of the molecule is CN(CC(=O)O)CC1CN(C(=O)CCN2C(=O)CCc3ccccc32)CCO1. The summed E-state index contributed by atoms with van der Waals surface area (Å²) in [5, 5.41) is 8.86. The van der Waals surface area contributed by atoms with E-state index < -0.39 is 5.97 Å². The second-order valence-electron chi connectivity index (χ2n) is 7.35. The number of amides is 2. The van der Waals surface area contributed by atoms with E-state index in [1.54, 1.807) is 21.7 Å². The monoisotopic (exact) mass is 389 g/mol. The summed E-state index contributed by atoms with van der Waals surface area (Å²) in [6.45, 7) is 2.15. The van der Waals surface area contributed by atoms with E-state index in [2.05, 4.69) is 0 Å². The summed E-state index contributed by atoms with van der Waals surface area (Å²) >= 11 is 0. The third-order valence-corrected chi connectivity index (χ3v) is 5.15. The minimum Gasteiger partial charge on any atom is -0.480 e. The number of hydrogen-bond acceptors (Lipinski definition) is 5. The molecule has 1 fully saturated rings. The van der Waals surface area contributed by atoms with Gasteiger partial charge in [-0.15, -0.1) is 0 Å². The zero-order valence-corrected chi connectivity index (χ0v) is 16.2. The van der Waals surface area contributed by atoms with Gasteiger partial charge in [-0.1, -0.05) is 18.2 Å². The molecule has 1 aromatic rings. The molecule has 2 aliphatic rings. The first kappa shape index (κ1) is 20.3. The summed E-state index contributed by atoms with van der Waals surface area (Å²) in [7, 11) is 1.72. The number of nitrogens with zero attached hydrogens (tertiary/aromatic N) is 3. The minimum absolute atomic E-state index is 0.00922. The molecule has 2 amide bonds. The molecule has 1 N–H and O–H groups in total. The highest BCUT2D eigenvalue weighted by Crippen LogP contribution is 2.27. The molecule has 152 valence electrons. The Bertz CT molecular complexity index is 738. The van der Waals surface area contributed by atoms with Crippen molar-refractivity contribution in [2.24, 2.45) is 0 Å². The lowest BCUT2D eigenvalue weighted by Gasteiger charge is -2.35. The number of aryl methyl sites for hydroxylation is 1. The number of likely N-dealkylation sites (N-methyl/N-ethyl adjacent to an activating group) is 1. The molecular weight excluding hydrogens is 362 g/mol. The standard InChI is InChI=1S/C20H27N3O5/c1-21(14-20(26)27)12-16-13-22(10-11-28-16)18(24)8-9-23-17-5-3-2-4-15(17)6-7-19(23)25/h2-5,16H,6-14H2,1H3,(H,26,27). The van der Waals surface area contributed by atoms with Crippen LogP contribution in [0.25, 0.3) is 0 Å². The number of benzene rings is 1. The highest BCUT2D eigenvalue weighted by molar-refractivity contribution is 5.97. The van der Waals surface area contributed by atoms with Crippen molar-refractivity contribution in [2.75, 3.05) is 51.3 Å². The van der Waals surface area contributed by atoms with Crippen molar-refractivity contribution < 1.29 is 24.2 Å². The lowest BCUT2D eigenvalue weighted by atomic mass is 10.0. The molecule has 1 saturated heterocycles. The molecule has 1 unspecified atom stereocenters. The second kappa shape index (κ2) is 9.16. The van der Waals surface area contributed by atoms with Crippen molar-refractivity contribution in [2.45, 2.75) is 25.4 Å². The van der Waals surface area contributed by atoms with Gasteiger partial charge >= 0.3 is 5.97 Å². The fraction of sp³-hybridized carbons (Fsp3) is 0.550. The first-order valence-corrected chi connectivity index (χ1v) is 9.62. The number of fused-ring (bicyclic) bond motifs is 1. The molecule has 1 aromatic carbocycles. The van der Waals surface area contributed by atoms with Crippen LogP contribution in [0.5, 0.6) is 0 Å². The maximum atomic E-state index is 12.7. The number of carbonyl (C=O) groups excluding carboxylic acids is 2. The highest BCUT2D eigenvalue weighted by atomic mass is 16.5. The smallest absolute Gasteiger partial charge is 0.317 e. The third kappa shape index (κ3) is 5.08. The first-order valence-electron chi connectivity index (χ1n) is 9.62. The number of morpholine rings is 1. The molecule has 8 heteroatoms. The Labute approximate surface area is 164 Å². The molecule has 0 bridgehead atoms. The Kier molecular flexibility index (Phi) is 6.64. The van der Waals surface area contributed by atoms with Crippen LogP contribution in [-0.4, -0.2) is 85.2 Å². The molecule has 0 saturated carbocycles. The van der Waals surface area contributed by atoms with Crippen molar-refractivity contribution in [3.63, 3.8) is 0 Å². The quantitative estimate of drug-likeness (QED) is 0.735. The fourth-order valence-electron chi connectivity index (χ4n) is 3.81. The van der Waals surface area contributed by atoms with E-state index in [0.717, 1.165) is 17.7 Å². The molecule has 0 spiro atoms. The van der Waals surface area contributed by atoms with E-state index in [0.29, 0.717) is 39.2 Å². The van der Waals surface area contributed by atoms with Crippen LogP contribution in [0.4, 0.5) is 5.69 Å². The molecule has 0 radical (unpaired) electrons. The van der Waals surface area contributed by atoms with E-state index in [1.165, 1.54) is 0 Å². The molecule has 2 aliphatic heterocycles. The summed E-state index contributed by atoms with van der Waals surface area (Å²) in [6.07, 6.45) is 1.27. The van der Waals surface area contributed by atoms with Gasteiger partial charge in [0.2, 0.25) is 11.8 Å². The zero-order chi connectivity index (χ0) is 20.1. The van der Waals surface area contributed by atoms with Gasteiger partial charge in [0.05, 0.1) is 19.3 Å². The number of ether oxygens (including phenoxy) is 1. The molecule has 0 aliphatic carbocycles. The van der Waals surface area contributed by atoms with Crippen LogP contribution in [0.15, 0.2) is 24.3 Å². The van der Waals surface area contributed by atoms with Gasteiger partial charge < -0.3 is 19.6 Å². The molecule has 0 aromatic heterocycles. The van der Waals surface area contributed by atoms with Gasteiger partial charge in [0.25, 0.3) is 0 Å². The van der Waals surface area contributed by atoms with Crippen LogP contribution in [0.2, 0.25) is 0 Å². The van der Waals surface area contributed by atoms with Crippen molar-refractivity contribution in [3.05, 3.63) is 29.8 Å². The number of carboxylic acid groups (broad SMARTS) is 1. The average Bonchev–Trinajstić information content (AvgIpc) is 2.66. The topological polar surface area (TPSA) is 90.4 Å². The largest absolute Gasteiger partial charge is 0.480 e. The number of rotatable bonds is 7. The number of para-hydroxylation sites is 1. The number of carbonyl (C=O) groups is 3. The van der Waals surface area contributed by atoms with Crippen molar-refractivity contribution in [1.29, 1.82) is 0 Å². The van der Waals surface area contributed by atoms with Gasteiger partial charge in [0, 0.05) is 44.7 Å². The van der Waals surface area contributed by atoms with Crippen LogP contribution in [0.1, 0.15) is 18.4 Å². The van der Waals surface area contributed by atoms with E-state index in [4.69, 9.17) is 9.84 Å². The second-order valence-corrected chi connectivity index (χ2v) is 7.35. The summed E-state index contributed by atoms with van der Waals surface area (Å²) < 4.78 is 5.68. The predicted molar refractivity (Wildman–Crippen MR) is 103 cm³/mol. The summed E-state index contributed by atoms with van der Waals surface area (Å²) in [4.78, 5) is 41.0. The summed E-state index contributed by atoms with van der Waals surface area (Å²) in [5.74, 6) is -0.843.